The summed E-state index contributed by atoms with van der Waals surface area (Å²) in [6.07, 6.45) is -0.768. The minimum absolute atomic E-state index is 0.0687. The molecule has 1 rings (SSSR count). The first kappa shape index (κ1) is 11.5. The maximum atomic E-state index is 9.79. The van der Waals surface area contributed by atoms with Gasteiger partial charge >= 0.3 is 0 Å². The smallest absolute Gasteiger partial charge is 0.244 e. The van der Waals surface area contributed by atoms with E-state index in [1.165, 1.54) is 0 Å². The second-order valence-corrected chi connectivity index (χ2v) is 3.56. The van der Waals surface area contributed by atoms with Crippen LogP contribution < -0.4 is 4.74 Å². The van der Waals surface area contributed by atoms with Gasteiger partial charge in [-0.05, 0) is 25.5 Å². The van der Waals surface area contributed by atoms with Crippen molar-refractivity contribution >= 4 is 0 Å². The van der Waals surface area contributed by atoms with Crippen LogP contribution in [0.3, 0.4) is 0 Å². The van der Waals surface area contributed by atoms with Gasteiger partial charge in [-0.3, -0.25) is 0 Å². The van der Waals surface area contributed by atoms with Crippen molar-refractivity contribution in [2.75, 3.05) is 13.7 Å². The van der Waals surface area contributed by atoms with Crippen LogP contribution in [-0.4, -0.2) is 18.8 Å². The Bertz CT molecular complexity index is 393. The fourth-order valence-corrected chi connectivity index (χ4v) is 1.70. The zero-order valence-electron chi connectivity index (χ0n) is 9.24. The van der Waals surface area contributed by atoms with Crippen LogP contribution >= 0.6 is 0 Å². The van der Waals surface area contributed by atoms with Gasteiger partial charge in [0.1, 0.15) is 5.75 Å². The van der Waals surface area contributed by atoms with E-state index in [0.29, 0.717) is 11.3 Å². The van der Waals surface area contributed by atoms with Crippen LogP contribution in [0.15, 0.2) is 12.1 Å². The van der Waals surface area contributed by atoms with E-state index < -0.39 is 6.10 Å². The average molecular weight is 205 g/mol. The Kier molecular flexibility index (Phi) is 3.70. The molecule has 0 amide bonds. The van der Waals surface area contributed by atoms with E-state index in [2.05, 4.69) is 4.85 Å². The van der Waals surface area contributed by atoms with Gasteiger partial charge in [0.15, 0.2) is 6.10 Å². The molecule has 1 unspecified atom stereocenters. The fraction of sp³-hybridized carbons (Fsp3) is 0.417. The van der Waals surface area contributed by atoms with Crippen molar-refractivity contribution in [3.8, 4) is 5.75 Å². The van der Waals surface area contributed by atoms with Gasteiger partial charge in [-0.2, -0.15) is 0 Å². The van der Waals surface area contributed by atoms with Gasteiger partial charge in [0.2, 0.25) is 6.54 Å². The third-order valence-corrected chi connectivity index (χ3v) is 2.28. The summed E-state index contributed by atoms with van der Waals surface area (Å²) < 4.78 is 5.24. The summed E-state index contributed by atoms with van der Waals surface area (Å²) >= 11 is 0. The van der Waals surface area contributed by atoms with Crippen molar-refractivity contribution < 1.29 is 9.84 Å². The zero-order chi connectivity index (χ0) is 11.4. The van der Waals surface area contributed by atoms with E-state index in [4.69, 9.17) is 11.3 Å². The van der Waals surface area contributed by atoms with Gasteiger partial charge in [0.25, 0.3) is 0 Å². The Morgan fingerprint density at radius 1 is 1.47 bits per heavy atom. The van der Waals surface area contributed by atoms with Crippen LogP contribution in [0.4, 0.5) is 0 Å². The highest BCUT2D eigenvalue weighted by atomic mass is 16.5. The van der Waals surface area contributed by atoms with Crippen molar-refractivity contribution in [1.82, 2.24) is 0 Å². The predicted octanol–water partition coefficient (Wildman–Crippen LogP) is 2.26. The summed E-state index contributed by atoms with van der Waals surface area (Å²) in [5.41, 5.74) is 2.75. The Morgan fingerprint density at radius 3 is 2.67 bits per heavy atom. The molecule has 0 aromatic heterocycles. The van der Waals surface area contributed by atoms with Crippen molar-refractivity contribution in [3.05, 3.63) is 40.2 Å². The molecule has 1 N–H and O–H groups in total. The summed E-state index contributed by atoms with van der Waals surface area (Å²) in [6, 6.07) is 3.86. The van der Waals surface area contributed by atoms with Crippen molar-refractivity contribution in [2.45, 2.75) is 20.0 Å². The number of methoxy groups -OCH3 is 1. The van der Waals surface area contributed by atoms with E-state index in [9.17, 15) is 5.11 Å². The predicted molar refractivity (Wildman–Crippen MR) is 58.9 cm³/mol. The van der Waals surface area contributed by atoms with Crippen LogP contribution in [0.1, 0.15) is 22.8 Å². The highest BCUT2D eigenvalue weighted by Crippen LogP contribution is 2.30. The van der Waals surface area contributed by atoms with Crippen LogP contribution in [0.25, 0.3) is 4.85 Å². The van der Waals surface area contributed by atoms with E-state index in [0.717, 1.165) is 11.1 Å². The summed E-state index contributed by atoms with van der Waals surface area (Å²) in [6.45, 7) is 10.7. The molecular formula is C12H15NO2. The van der Waals surface area contributed by atoms with Gasteiger partial charge in [0, 0.05) is 5.56 Å². The minimum Gasteiger partial charge on any atom is -0.496 e. The van der Waals surface area contributed by atoms with E-state index >= 15 is 0 Å². The molecule has 0 radical (unpaired) electrons. The molecule has 0 saturated heterocycles. The van der Waals surface area contributed by atoms with E-state index in [1.54, 1.807) is 7.11 Å². The number of rotatable bonds is 3. The molecular weight excluding hydrogens is 190 g/mol. The maximum Gasteiger partial charge on any atom is 0.244 e. The molecule has 1 atom stereocenters. The maximum absolute atomic E-state index is 9.79. The molecule has 0 aliphatic rings. The highest BCUT2D eigenvalue weighted by molar-refractivity contribution is 5.45. The van der Waals surface area contributed by atoms with Gasteiger partial charge in [-0.15, -0.1) is 0 Å². The zero-order valence-corrected chi connectivity index (χ0v) is 9.24. The topological polar surface area (TPSA) is 33.8 Å². The lowest BCUT2D eigenvalue weighted by atomic mass is 10.0. The molecule has 0 aliphatic heterocycles. The second kappa shape index (κ2) is 4.81. The van der Waals surface area contributed by atoms with Gasteiger partial charge in [-0.1, -0.05) is 11.6 Å². The summed E-state index contributed by atoms with van der Waals surface area (Å²) in [5.74, 6) is 0.678. The van der Waals surface area contributed by atoms with Crippen LogP contribution in [0, 0.1) is 20.4 Å². The fourth-order valence-electron chi connectivity index (χ4n) is 1.70. The normalized spacial score (nSPS) is 11.9. The van der Waals surface area contributed by atoms with Crippen molar-refractivity contribution in [1.29, 1.82) is 0 Å². The Labute approximate surface area is 90.1 Å². The second-order valence-electron chi connectivity index (χ2n) is 3.56. The van der Waals surface area contributed by atoms with Crippen molar-refractivity contribution in [3.63, 3.8) is 0 Å². The number of nitrogens with zero attached hydrogens (tertiary/aromatic N) is 1. The highest BCUT2D eigenvalue weighted by Gasteiger charge is 2.17. The summed E-state index contributed by atoms with van der Waals surface area (Å²) in [7, 11) is 1.58. The van der Waals surface area contributed by atoms with Gasteiger partial charge < -0.3 is 14.7 Å². The van der Waals surface area contributed by atoms with Crippen LogP contribution in [-0.2, 0) is 0 Å². The Morgan fingerprint density at radius 2 is 2.13 bits per heavy atom. The number of hydrogen-bond acceptors (Lipinski definition) is 2. The van der Waals surface area contributed by atoms with E-state index in [1.807, 2.05) is 26.0 Å². The van der Waals surface area contributed by atoms with Crippen molar-refractivity contribution in [2.24, 2.45) is 0 Å². The number of aliphatic hydroxyl groups excluding tert-OH is 1. The molecule has 0 spiro atoms. The first-order valence-corrected chi connectivity index (χ1v) is 4.76. The monoisotopic (exact) mass is 205 g/mol. The quantitative estimate of drug-likeness (QED) is 0.768. The van der Waals surface area contributed by atoms with Gasteiger partial charge in [0.05, 0.1) is 7.11 Å². The number of benzene rings is 1. The molecule has 1 aromatic carbocycles. The lowest BCUT2D eigenvalue weighted by molar-refractivity contribution is 0.190. The number of aryl methyl sites for hydroxylation is 2. The third-order valence-electron chi connectivity index (χ3n) is 2.28. The molecule has 3 nitrogen and oxygen atoms in total. The summed E-state index contributed by atoms with van der Waals surface area (Å²) in [5, 5.41) is 9.79. The molecule has 1 aromatic rings. The van der Waals surface area contributed by atoms with Crippen LogP contribution in [0.2, 0.25) is 0 Å². The number of aliphatic hydroxyl groups is 1. The molecule has 0 aliphatic carbocycles. The first-order valence-electron chi connectivity index (χ1n) is 4.76. The molecule has 80 valence electrons. The Balaban J connectivity index is 3.20. The molecule has 15 heavy (non-hydrogen) atoms. The Hall–Kier alpha value is -1.53. The molecule has 0 saturated carbocycles. The largest absolute Gasteiger partial charge is 0.496 e. The van der Waals surface area contributed by atoms with Gasteiger partial charge in [-0.25, -0.2) is 6.57 Å². The average Bonchev–Trinajstić information content (AvgIpc) is 2.17. The number of hydrogen-bond donors (Lipinski definition) is 1. The molecule has 0 heterocycles. The van der Waals surface area contributed by atoms with Crippen LogP contribution in [0.5, 0.6) is 5.75 Å². The molecule has 0 bridgehead atoms. The molecule has 0 fully saturated rings. The molecule has 3 heteroatoms. The SMILES string of the molecule is [C-]#[N+]CC(O)c1cc(C)cc(C)c1OC. The lowest BCUT2D eigenvalue weighted by Crippen LogP contribution is -2.04. The standard InChI is InChI=1S/C12H15NO2/c1-8-5-9(2)12(15-4)10(6-8)11(14)7-13-3/h5-6,11,14H,7H2,1-2,4H3. The number of ether oxygens (including phenoxy) is 1. The lowest BCUT2D eigenvalue weighted by Gasteiger charge is -2.14. The summed E-state index contributed by atoms with van der Waals surface area (Å²) in [4.78, 5) is 3.19. The third kappa shape index (κ3) is 2.48. The first-order chi connectivity index (χ1) is 7.10. The van der Waals surface area contributed by atoms with E-state index in [-0.39, 0.29) is 6.54 Å². The minimum atomic E-state index is -0.768.